The molecule has 0 fully saturated rings. The molecule has 2 aliphatic rings. The van der Waals surface area contributed by atoms with Crippen molar-refractivity contribution in [1.82, 2.24) is 10.6 Å². The molecule has 0 saturated carbocycles. The molecular formula is C15H15N3O. The molecule has 1 atom stereocenters. The predicted molar refractivity (Wildman–Crippen MR) is 75.3 cm³/mol. The van der Waals surface area contributed by atoms with Gasteiger partial charge < -0.3 is 10.6 Å². The average molecular weight is 253 g/mol. The molecule has 0 saturated heterocycles. The predicted octanol–water partition coefficient (Wildman–Crippen LogP) is 1.82. The Bertz CT molecular complexity index is 572. The van der Waals surface area contributed by atoms with Crippen molar-refractivity contribution in [1.29, 1.82) is 0 Å². The minimum atomic E-state index is -0.127. The number of carbonyl (C=O) groups is 1. The van der Waals surface area contributed by atoms with Crippen molar-refractivity contribution in [3.8, 4) is 0 Å². The first-order valence-electron chi connectivity index (χ1n) is 6.37. The van der Waals surface area contributed by atoms with Crippen molar-refractivity contribution in [2.45, 2.75) is 19.0 Å². The van der Waals surface area contributed by atoms with Gasteiger partial charge >= 0.3 is 0 Å². The summed E-state index contributed by atoms with van der Waals surface area (Å²) in [6.07, 6.45) is 7.02. The zero-order valence-electron chi connectivity index (χ0n) is 10.5. The van der Waals surface area contributed by atoms with Gasteiger partial charge in [-0.15, -0.1) is 0 Å². The second-order valence-electron chi connectivity index (χ2n) is 4.59. The van der Waals surface area contributed by atoms with E-state index in [1.807, 2.05) is 48.7 Å². The zero-order valence-corrected chi connectivity index (χ0v) is 10.5. The van der Waals surface area contributed by atoms with Crippen LogP contribution in [0.5, 0.6) is 0 Å². The Labute approximate surface area is 111 Å². The van der Waals surface area contributed by atoms with Gasteiger partial charge in [0.2, 0.25) is 5.91 Å². The van der Waals surface area contributed by atoms with Crippen molar-refractivity contribution in [2.24, 2.45) is 4.99 Å². The second kappa shape index (κ2) is 5.10. The summed E-state index contributed by atoms with van der Waals surface area (Å²) in [5.74, 6) is 0.862. The van der Waals surface area contributed by atoms with Crippen LogP contribution in [0, 0.1) is 0 Å². The Kier molecular flexibility index (Phi) is 3.14. The number of hydrogen-bond acceptors (Lipinski definition) is 3. The molecule has 0 bridgehead atoms. The van der Waals surface area contributed by atoms with Crippen LogP contribution in [0.15, 0.2) is 52.8 Å². The maximum atomic E-state index is 11.4. The number of nitrogens with zero attached hydrogens (tertiary/aromatic N) is 1. The number of allylic oxidation sites excluding steroid dienone is 1. The molecule has 1 aromatic rings. The molecule has 0 aromatic heterocycles. The standard InChI is InChI=1S/C15H15N3O/c19-14-9-7-12-10-16-13(17-15(12)18-14)8-6-11-4-2-1-3-5-11/h1-6,8,10,13,17H,7,9H2,(H,18,19). The summed E-state index contributed by atoms with van der Waals surface area (Å²) in [5, 5.41) is 6.07. The Balaban J connectivity index is 1.70. The number of rotatable bonds is 2. The summed E-state index contributed by atoms with van der Waals surface area (Å²) in [5.41, 5.74) is 2.20. The first-order chi connectivity index (χ1) is 9.31. The lowest BCUT2D eigenvalue weighted by Gasteiger charge is -2.26. The van der Waals surface area contributed by atoms with Gasteiger partial charge in [0.15, 0.2) is 0 Å². The Hall–Kier alpha value is -2.36. The fourth-order valence-corrected chi connectivity index (χ4v) is 2.13. The topological polar surface area (TPSA) is 53.5 Å². The molecule has 4 nitrogen and oxygen atoms in total. The number of aliphatic imine (C=N–C) groups is 1. The van der Waals surface area contributed by atoms with E-state index in [2.05, 4.69) is 15.6 Å². The maximum absolute atomic E-state index is 11.4. The first-order valence-corrected chi connectivity index (χ1v) is 6.37. The highest BCUT2D eigenvalue weighted by atomic mass is 16.1. The van der Waals surface area contributed by atoms with Gasteiger partial charge in [0.25, 0.3) is 0 Å². The van der Waals surface area contributed by atoms with E-state index >= 15 is 0 Å². The number of benzene rings is 1. The molecule has 1 aromatic carbocycles. The third kappa shape index (κ3) is 2.73. The second-order valence-corrected chi connectivity index (χ2v) is 4.59. The molecule has 1 unspecified atom stereocenters. The van der Waals surface area contributed by atoms with Crippen molar-refractivity contribution in [3.63, 3.8) is 0 Å². The van der Waals surface area contributed by atoms with Crippen LogP contribution in [0.4, 0.5) is 0 Å². The van der Waals surface area contributed by atoms with Gasteiger partial charge in [-0.1, -0.05) is 36.4 Å². The van der Waals surface area contributed by atoms with Crippen LogP contribution in [0.25, 0.3) is 6.08 Å². The monoisotopic (exact) mass is 253 g/mol. The summed E-state index contributed by atoms with van der Waals surface area (Å²) >= 11 is 0. The fraction of sp³-hybridized carbons (Fsp3) is 0.200. The van der Waals surface area contributed by atoms with Crippen molar-refractivity contribution < 1.29 is 4.79 Å². The van der Waals surface area contributed by atoms with E-state index in [9.17, 15) is 4.79 Å². The van der Waals surface area contributed by atoms with Crippen molar-refractivity contribution in [2.75, 3.05) is 0 Å². The van der Waals surface area contributed by atoms with Crippen molar-refractivity contribution >= 4 is 18.2 Å². The summed E-state index contributed by atoms with van der Waals surface area (Å²) in [6, 6.07) is 10.1. The van der Waals surface area contributed by atoms with Gasteiger partial charge in [-0.05, 0) is 18.1 Å². The van der Waals surface area contributed by atoms with Crippen LogP contribution < -0.4 is 10.6 Å². The minimum absolute atomic E-state index is 0.0624. The molecule has 0 aliphatic carbocycles. The minimum Gasteiger partial charge on any atom is -0.347 e. The van der Waals surface area contributed by atoms with Gasteiger partial charge in [0.05, 0.1) is 0 Å². The molecule has 0 spiro atoms. The third-order valence-electron chi connectivity index (χ3n) is 3.16. The van der Waals surface area contributed by atoms with Crippen molar-refractivity contribution in [3.05, 3.63) is 53.4 Å². The molecule has 4 heteroatoms. The molecule has 19 heavy (non-hydrogen) atoms. The van der Waals surface area contributed by atoms with E-state index in [1.165, 1.54) is 0 Å². The molecule has 2 N–H and O–H groups in total. The lowest BCUT2D eigenvalue weighted by molar-refractivity contribution is -0.120. The SMILES string of the molecule is O=C1CCC2=C(N1)NC(C=Cc1ccccc1)N=C2. The average Bonchev–Trinajstić information content (AvgIpc) is 2.46. The van der Waals surface area contributed by atoms with Crippen LogP contribution in [0.2, 0.25) is 0 Å². The highest BCUT2D eigenvalue weighted by Crippen LogP contribution is 2.16. The van der Waals surface area contributed by atoms with Gasteiger partial charge in [0.1, 0.15) is 12.0 Å². The van der Waals surface area contributed by atoms with Crippen LogP contribution >= 0.6 is 0 Å². The smallest absolute Gasteiger partial charge is 0.225 e. The quantitative estimate of drug-likeness (QED) is 0.844. The number of hydrogen-bond donors (Lipinski definition) is 2. The first kappa shape index (κ1) is 11.7. The Morgan fingerprint density at radius 1 is 1.21 bits per heavy atom. The van der Waals surface area contributed by atoms with E-state index in [-0.39, 0.29) is 12.1 Å². The normalized spacial score (nSPS) is 22.1. The largest absolute Gasteiger partial charge is 0.347 e. The summed E-state index contributed by atoms with van der Waals surface area (Å²) in [7, 11) is 0. The van der Waals surface area contributed by atoms with E-state index in [0.29, 0.717) is 6.42 Å². The van der Waals surface area contributed by atoms with E-state index in [4.69, 9.17) is 0 Å². The van der Waals surface area contributed by atoms with Gasteiger partial charge in [0, 0.05) is 18.2 Å². The molecule has 96 valence electrons. The maximum Gasteiger partial charge on any atom is 0.225 e. The molecule has 1 amide bonds. The van der Waals surface area contributed by atoms with Gasteiger partial charge in [-0.3, -0.25) is 9.79 Å². The number of amides is 1. The zero-order chi connectivity index (χ0) is 13.1. The highest BCUT2D eigenvalue weighted by molar-refractivity contribution is 5.88. The molecule has 3 rings (SSSR count). The Morgan fingerprint density at radius 3 is 2.89 bits per heavy atom. The summed E-state index contributed by atoms with van der Waals surface area (Å²) in [6.45, 7) is 0. The lowest BCUT2D eigenvalue weighted by Crippen LogP contribution is -2.42. The number of nitrogens with one attached hydrogen (secondary N) is 2. The third-order valence-corrected chi connectivity index (χ3v) is 3.16. The molecular weight excluding hydrogens is 238 g/mol. The molecule has 0 radical (unpaired) electrons. The Morgan fingerprint density at radius 2 is 2.05 bits per heavy atom. The number of carbonyl (C=O) groups excluding carboxylic acids is 1. The van der Waals surface area contributed by atoms with E-state index < -0.39 is 0 Å². The van der Waals surface area contributed by atoms with Gasteiger partial charge in [-0.25, -0.2) is 0 Å². The summed E-state index contributed by atoms with van der Waals surface area (Å²) < 4.78 is 0. The molecule has 2 heterocycles. The summed E-state index contributed by atoms with van der Waals surface area (Å²) in [4.78, 5) is 15.8. The van der Waals surface area contributed by atoms with E-state index in [1.54, 1.807) is 0 Å². The van der Waals surface area contributed by atoms with Gasteiger partial charge in [-0.2, -0.15) is 0 Å². The van der Waals surface area contributed by atoms with Crippen LogP contribution in [0.1, 0.15) is 18.4 Å². The fourth-order valence-electron chi connectivity index (χ4n) is 2.13. The van der Waals surface area contributed by atoms with E-state index in [0.717, 1.165) is 23.4 Å². The van der Waals surface area contributed by atoms with Crippen LogP contribution in [0.3, 0.4) is 0 Å². The van der Waals surface area contributed by atoms with Crippen LogP contribution in [-0.2, 0) is 4.79 Å². The highest BCUT2D eigenvalue weighted by Gasteiger charge is 2.21. The van der Waals surface area contributed by atoms with Crippen LogP contribution in [-0.4, -0.2) is 18.3 Å². The molecule has 2 aliphatic heterocycles. The lowest BCUT2D eigenvalue weighted by atomic mass is 10.1.